The summed E-state index contributed by atoms with van der Waals surface area (Å²) in [5.41, 5.74) is 1.62. The number of hydrogen-bond acceptors (Lipinski definition) is 6. The molecular formula is C18H18Cl2N6O2. The van der Waals surface area contributed by atoms with E-state index in [0.717, 1.165) is 18.4 Å². The van der Waals surface area contributed by atoms with Crippen LogP contribution in [0.5, 0.6) is 5.75 Å². The Bertz CT molecular complexity index is 1050. The van der Waals surface area contributed by atoms with Gasteiger partial charge in [0.05, 0.1) is 23.1 Å². The molecule has 0 atom stereocenters. The van der Waals surface area contributed by atoms with Gasteiger partial charge in [0.25, 0.3) is 5.91 Å². The van der Waals surface area contributed by atoms with Gasteiger partial charge in [0.15, 0.2) is 5.65 Å². The number of benzene rings is 1. The van der Waals surface area contributed by atoms with Gasteiger partial charge in [-0.15, -0.1) is 0 Å². The highest BCUT2D eigenvalue weighted by Gasteiger charge is 2.24. The fraction of sp³-hybridized carbons (Fsp3) is 0.333. The number of fused-ring (bicyclic) bond motifs is 1. The summed E-state index contributed by atoms with van der Waals surface area (Å²) in [6.45, 7) is 1.40. The van der Waals surface area contributed by atoms with Crippen LogP contribution in [-0.4, -0.2) is 49.7 Å². The maximum Gasteiger partial charge on any atom is 0.255 e. The lowest BCUT2D eigenvalue weighted by Gasteiger charge is -2.32. The van der Waals surface area contributed by atoms with Crippen LogP contribution in [0.25, 0.3) is 11.2 Å². The summed E-state index contributed by atoms with van der Waals surface area (Å²) in [5, 5.41) is 13.3. The first kappa shape index (κ1) is 18.8. The van der Waals surface area contributed by atoms with E-state index in [9.17, 15) is 9.90 Å². The molecule has 3 aromatic rings. The fourth-order valence-electron chi connectivity index (χ4n) is 3.28. The van der Waals surface area contributed by atoms with Crippen LogP contribution in [0, 0.1) is 0 Å². The largest absolute Gasteiger partial charge is 0.506 e. The summed E-state index contributed by atoms with van der Waals surface area (Å²) in [7, 11) is 1.90. The lowest BCUT2D eigenvalue weighted by molar-refractivity contribution is 0.0928. The van der Waals surface area contributed by atoms with Crippen molar-refractivity contribution in [1.29, 1.82) is 0 Å². The predicted molar refractivity (Wildman–Crippen MR) is 107 cm³/mol. The molecule has 1 saturated heterocycles. The topological polar surface area (TPSA) is 96.2 Å². The number of aromatic nitrogens is 4. The molecule has 0 aliphatic carbocycles. The molecule has 10 heteroatoms. The summed E-state index contributed by atoms with van der Waals surface area (Å²) in [4.78, 5) is 27.8. The fourth-order valence-corrected chi connectivity index (χ4v) is 3.78. The molecule has 1 aliphatic rings. The summed E-state index contributed by atoms with van der Waals surface area (Å²) >= 11 is 11.8. The quantitative estimate of drug-likeness (QED) is 0.675. The van der Waals surface area contributed by atoms with Crippen molar-refractivity contribution < 1.29 is 9.90 Å². The molecule has 146 valence electrons. The van der Waals surface area contributed by atoms with Gasteiger partial charge in [0.2, 0.25) is 5.95 Å². The average molecular weight is 421 g/mol. The SMILES string of the molecule is Cn1cnc2nc(N3CCC(NC(=O)c4cc(Cl)cc(Cl)c4O)CC3)ncc21. The number of piperidine rings is 1. The first-order valence-corrected chi connectivity index (χ1v) is 9.56. The van der Waals surface area contributed by atoms with Gasteiger partial charge in [0, 0.05) is 31.2 Å². The number of halogens is 2. The van der Waals surface area contributed by atoms with E-state index in [1.165, 1.54) is 12.1 Å². The number of aromatic hydroxyl groups is 1. The molecule has 0 spiro atoms. The number of phenolic OH excluding ortho intramolecular Hbond substituents is 1. The van der Waals surface area contributed by atoms with E-state index in [1.807, 2.05) is 11.6 Å². The van der Waals surface area contributed by atoms with Crippen LogP contribution in [0.4, 0.5) is 5.95 Å². The Labute approximate surface area is 171 Å². The number of carbonyl (C=O) groups is 1. The van der Waals surface area contributed by atoms with Gasteiger partial charge in [-0.3, -0.25) is 4.79 Å². The molecule has 1 aromatic carbocycles. The smallest absolute Gasteiger partial charge is 0.255 e. The molecule has 0 radical (unpaired) electrons. The molecule has 1 aliphatic heterocycles. The van der Waals surface area contributed by atoms with Gasteiger partial charge in [-0.2, -0.15) is 4.98 Å². The number of amides is 1. The molecule has 3 heterocycles. The highest BCUT2D eigenvalue weighted by atomic mass is 35.5. The first-order chi connectivity index (χ1) is 13.4. The van der Waals surface area contributed by atoms with Crippen molar-refractivity contribution in [2.24, 2.45) is 7.05 Å². The van der Waals surface area contributed by atoms with Crippen molar-refractivity contribution in [3.8, 4) is 5.75 Å². The van der Waals surface area contributed by atoms with Gasteiger partial charge in [0.1, 0.15) is 11.3 Å². The maximum atomic E-state index is 12.5. The summed E-state index contributed by atoms with van der Waals surface area (Å²) < 4.78 is 1.87. The van der Waals surface area contributed by atoms with Crippen molar-refractivity contribution >= 4 is 46.2 Å². The molecule has 2 N–H and O–H groups in total. The van der Waals surface area contributed by atoms with Crippen LogP contribution in [0.1, 0.15) is 23.2 Å². The van der Waals surface area contributed by atoms with Crippen LogP contribution in [0.3, 0.4) is 0 Å². The Morgan fingerprint density at radius 3 is 2.75 bits per heavy atom. The zero-order valence-electron chi connectivity index (χ0n) is 15.1. The van der Waals surface area contributed by atoms with Crippen LogP contribution >= 0.6 is 23.2 Å². The number of hydrogen-bond donors (Lipinski definition) is 2. The molecule has 0 bridgehead atoms. The number of nitrogens with zero attached hydrogens (tertiary/aromatic N) is 5. The van der Waals surface area contributed by atoms with Crippen LogP contribution in [-0.2, 0) is 7.05 Å². The van der Waals surface area contributed by atoms with Crippen molar-refractivity contribution in [2.45, 2.75) is 18.9 Å². The molecule has 0 saturated carbocycles. The van der Waals surface area contributed by atoms with E-state index in [2.05, 4.69) is 25.2 Å². The number of phenols is 1. The molecule has 1 fully saturated rings. The van der Waals surface area contributed by atoms with Gasteiger partial charge in [-0.25, -0.2) is 9.97 Å². The van der Waals surface area contributed by atoms with Crippen LogP contribution < -0.4 is 10.2 Å². The van der Waals surface area contributed by atoms with Gasteiger partial charge in [-0.1, -0.05) is 23.2 Å². The molecule has 2 aromatic heterocycles. The van der Waals surface area contributed by atoms with Crippen molar-refractivity contribution in [3.63, 3.8) is 0 Å². The van der Waals surface area contributed by atoms with E-state index >= 15 is 0 Å². The lowest BCUT2D eigenvalue weighted by Crippen LogP contribution is -2.45. The van der Waals surface area contributed by atoms with E-state index < -0.39 is 5.91 Å². The molecule has 8 nitrogen and oxygen atoms in total. The normalized spacial score (nSPS) is 15.2. The number of carbonyl (C=O) groups excluding carboxylic acids is 1. The summed E-state index contributed by atoms with van der Waals surface area (Å²) in [5.74, 6) is -0.0279. The number of imidazole rings is 1. The number of aryl methyl sites for hydroxylation is 1. The second kappa shape index (κ2) is 7.44. The van der Waals surface area contributed by atoms with Crippen molar-refractivity contribution in [1.82, 2.24) is 24.8 Å². The second-order valence-corrected chi connectivity index (χ2v) is 7.60. The van der Waals surface area contributed by atoms with E-state index in [-0.39, 0.29) is 22.4 Å². The maximum absolute atomic E-state index is 12.5. The minimum absolute atomic E-state index is 0.0283. The highest BCUT2D eigenvalue weighted by molar-refractivity contribution is 6.36. The Morgan fingerprint density at radius 2 is 2.00 bits per heavy atom. The first-order valence-electron chi connectivity index (χ1n) is 8.80. The van der Waals surface area contributed by atoms with Crippen molar-refractivity contribution in [3.05, 3.63) is 40.3 Å². The van der Waals surface area contributed by atoms with E-state index in [0.29, 0.717) is 29.7 Å². The Balaban J connectivity index is 1.40. The lowest BCUT2D eigenvalue weighted by atomic mass is 10.0. The van der Waals surface area contributed by atoms with Gasteiger partial charge >= 0.3 is 0 Å². The van der Waals surface area contributed by atoms with Gasteiger partial charge < -0.3 is 19.9 Å². The molecule has 28 heavy (non-hydrogen) atoms. The number of nitrogens with one attached hydrogen (secondary N) is 1. The number of rotatable bonds is 3. The standard InChI is InChI=1S/C18H18Cl2N6O2/c1-25-9-22-16-14(25)8-21-18(24-16)26-4-2-11(3-5-26)23-17(28)12-6-10(19)7-13(20)15(12)27/h6-9,11,27H,2-5H2,1H3,(H,23,28). The molecule has 1 amide bonds. The zero-order chi connectivity index (χ0) is 19.8. The third-order valence-corrected chi connectivity index (χ3v) is 5.36. The zero-order valence-corrected chi connectivity index (χ0v) is 16.6. The van der Waals surface area contributed by atoms with E-state index in [1.54, 1.807) is 12.5 Å². The van der Waals surface area contributed by atoms with E-state index in [4.69, 9.17) is 23.2 Å². The average Bonchev–Trinajstić information content (AvgIpc) is 3.05. The minimum Gasteiger partial charge on any atom is -0.506 e. The Hall–Kier alpha value is -2.58. The summed E-state index contributed by atoms with van der Waals surface area (Å²) in [6, 6.07) is 2.77. The Kier molecular flexibility index (Phi) is 4.99. The molecule has 4 rings (SSSR count). The molecular weight excluding hydrogens is 403 g/mol. The monoisotopic (exact) mass is 420 g/mol. The minimum atomic E-state index is -0.397. The molecule has 0 unspecified atom stereocenters. The predicted octanol–water partition coefficient (Wildman–Crippen LogP) is 2.77. The third-order valence-electron chi connectivity index (χ3n) is 4.86. The number of anilines is 1. The highest BCUT2D eigenvalue weighted by Crippen LogP contribution is 2.31. The van der Waals surface area contributed by atoms with Crippen LogP contribution in [0.15, 0.2) is 24.7 Å². The van der Waals surface area contributed by atoms with Crippen molar-refractivity contribution in [2.75, 3.05) is 18.0 Å². The second-order valence-electron chi connectivity index (χ2n) is 6.75. The Morgan fingerprint density at radius 1 is 1.25 bits per heavy atom. The third kappa shape index (κ3) is 3.57. The van der Waals surface area contributed by atoms with Crippen LogP contribution in [0.2, 0.25) is 10.0 Å². The summed E-state index contributed by atoms with van der Waals surface area (Å²) in [6.07, 6.45) is 4.93. The van der Waals surface area contributed by atoms with Gasteiger partial charge in [-0.05, 0) is 25.0 Å².